The lowest BCUT2D eigenvalue weighted by Crippen LogP contribution is -2.20. The molecule has 3 heteroatoms. The highest BCUT2D eigenvalue weighted by molar-refractivity contribution is 5.55. The Morgan fingerprint density at radius 1 is 1.31 bits per heavy atom. The van der Waals surface area contributed by atoms with Crippen LogP contribution in [0.3, 0.4) is 0 Å². The molecular weight excluding hydrogens is 200 g/mol. The largest absolute Gasteiger partial charge is 0.371 e. The Labute approximate surface area is 97.1 Å². The van der Waals surface area contributed by atoms with Gasteiger partial charge in [0.05, 0.1) is 6.61 Å². The van der Waals surface area contributed by atoms with Gasteiger partial charge in [0.15, 0.2) is 0 Å². The second-order valence-corrected chi connectivity index (χ2v) is 4.45. The Balaban J connectivity index is 2.20. The van der Waals surface area contributed by atoms with Gasteiger partial charge in [-0.1, -0.05) is 17.7 Å². The molecule has 0 aromatic heterocycles. The van der Waals surface area contributed by atoms with Crippen LogP contribution in [0.1, 0.15) is 24.0 Å². The van der Waals surface area contributed by atoms with Crippen molar-refractivity contribution in [2.45, 2.75) is 26.2 Å². The van der Waals surface area contributed by atoms with E-state index < -0.39 is 0 Å². The van der Waals surface area contributed by atoms with Gasteiger partial charge in [-0.25, -0.2) is 5.90 Å². The lowest BCUT2D eigenvalue weighted by atomic mass is 10.1. The van der Waals surface area contributed by atoms with Crippen LogP contribution >= 0.6 is 0 Å². The summed E-state index contributed by atoms with van der Waals surface area (Å²) in [7, 11) is 0. The molecule has 0 unspecified atom stereocenters. The SMILES string of the molecule is Cc1ccc(N2CCCC2)c(CCON)c1. The van der Waals surface area contributed by atoms with Crippen LogP contribution in [-0.4, -0.2) is 19.7 Å². The second-order valence-electron chi connectivity index (χ2n) is 4.45. The van der Waals surface area contributed by atoms with Crippen molar-refractivity contribution in [2.24, 2.45) is 5.90 Å². The molecule has 0 aliphatic carbocycles. The maximum absolute atomic E-state index is 5.10. The molecule has 1 aliphatic heterocycles. The van der Waals surface area contributed by atoms with Gasteiger partial charge in [0.1, 0.15) is 0 Å². The van der Waals surface area contributed by atoms with E-state index >= 15 is 0 Å². The zero-order valence-corrected chi connectivity index (χ0v) is 9.91. The molecule has 1 fully saturated rings. The fourth-order valence-corrected chi connectivity index (χ4v) is 2.35. The van der Waals surface area contributed by atoms with E-state index in [0.29, 0.717) is 6.61 Å². The summed E-state index contributed by atoms with van der Waals surface area (Å²) >= 11 is 0. The number of benzene rings is 1. The highest BCUT2D eigenvalue weighted by Crippen LogP contribution is 2.26. The van der Waals surface area contributed by atoms with E-state index in [4.69, 9.17) is 5.90 Å². The summed E-state index contributed by atoms with van der Waals surface area (Å²) in [5.74, 6) is 5.10. The fourth-order valence-electron chi connectivity index (χ4n) is 2.35. The first-order valence-corrected chi connectivity index (χ1v) is 5.97. The zero-order valence-electron chi connectivity index (χ0n) is 9.91. The molecule has 0 atom stereocenters. The van der Waals surface area contributed by atoms with Crippen LogP contribution < -0.4 is 10.8 Å². The van der Waals surface area contributed by atoms with E-state index in [-0.39, 0.29) is 0 Å². The lowest BCUT2D eigenvalue weighted by Gasteiger charge is -2.21. The third-order valence-corrected chi connectivity index (χ3v) is 3.17. The molecule has 16 heavy (non-hydrogen) atoms. The predicted molar refractivity (Wildman–Crippen MR) is 66.5 cm³/mol. The third kappa shape index (κ3) is 2.54. The van der Waals surface area contributed by atoms with Crippen molar-refractivity contribution in [2.75, 3.05) is 24.6 Å². The number of nitrogens with two attached hydrogens (primary N) is 1. The number of anilines is 1. The third-order valence-electron chi connectivity index (χ3n) is 3.17. The predicted octanol–water partition coefficient (Wildman–Crippen LogP) is 2.03. The monoisotopic (exact) mass is 220 g/mol. The van der Waals surface area contributed by atoms with Gasteiger partial charge < -0.3 is 9.74 Å². The lowest BCUT2D eigenvalue weighted by molar-refractivity contribution is 0.141. The highest BCUT2D eigenvalue weighted by atomic mass is 16.6. The van der Waals surface area contributed by atoms with Gasteiger partial charge in [0.25, 0.3) is 0 Å². The minimum Gasteiger partial charge on any atom is -0.371 e. The molecule has 1 aliphatic rings. The van der Waals surface area contributed by atoms with Crippen molar-refractivity contribution in [3.05, 3.63) is 29.3 Å². The van der Waals surface area contributed by atoms with Gasteiger partial charge in [0, 0.05) is 18.8 Å². The van der Waals surface area contributed by atoms with Crippen LogP contribution in [0, 0.1) is 6.92 Å². The molecule has 1 heterocycles. The van der Waals surface area contributed by atoms with Gasteiger partial charge in [-0.05, 0) is 37.8 Å². The molecule has 1 aromatic carbocycles. The van der Waals surface area contributed by atoms with Crippen molar-refractivity contribution in [3.63, 3.8) is 0 Å². The summed E-state index contributed by atoms with van der Waals surface area (Å²) in [4.78, 5) is 7.15. The van der Waals surface area contributed by atoms with Crippen LogP contribution in [0.5, 0.6) is 0 Å². The number of aryl methyl sites for hydroxylation is 1. The van der Waals surface area contributed by atoms with E-state index in [0.717, 1.165) is 6.42 Å². The minimum atomic E-state index is 0.588. The first-order valence-electron chi connectivity index (χ1n) is 5.97. The van der Waals surface area contributed by atoms with Crippen LogP contribution in [0.25, 0.3) is 0 Å². The summed E-state index contributed by atoms with van der Waals surface area (Å²) in [5, 5.41) is 0. The Morgan fingerprint density at radius 2 is 2.06 bits per heavy atom. The molecule has 1 saturated heterocycles. The first-order chi connectivity index (χ1) is 7.81. The summed E-state index contributed by atoms with van der Waals surface area (Å²) < 4.78 is 0. The average molecular weight is 220 g/mol. The van der Waals surface area contributed by atoms with Gasteiger partial charge in [-0.15, -0.1) is 0 Å². The fraction of sp³-hybridized carbons (Fsp3) is 0.538. The number of rotatable bonds is 4. The smallest absolute Gasteiger partial charge is 0.0720 e. The Morgan fingerprint density at radius 3 is 2.75 bits per heavy atom. The van der Waals surface area contributed by atoms with Gasteiger partial charge >= 0.3 is 0 Å². The number of nitrogens with zero attached hydrogens (tertiary/aromatic N) is 1. The van der Waals surface area contributed by atoms with Crippen LogP contribution in [0.15, 0.2) is 18.2 Å². The standard InChI is InChI=1S/C13H20N2O/c1-11-4-5-13(15-7-2-3-8-15)12(10-11)6-9-16-14/h4-5,10H,2-3,6-9,14H2,1H3. The zero-order chi connectivity index (χ0) is 11.4. The molecule has 3 nitrogen and oxygen atoms in total. The summed E-state index contributed by atoms with van der Waals surface area (Å²) in [5.41, 5.74) is 4.02. The van der Waals surface area contributed by atoms with Crippen molar-refractivity contribution < 1.29 is 4.84 Å². The normalized spacial score (nSPS) is 15.8. The van der Waals surface area contributed by atoms with Crippen molar-refractivity contribution in [3.8, 4) is 0 Å². The number of hydrogen-bond donors (Lipinski definition) is 1. The summed E-state index contributed by atoms with van der Waals surface area (Å²) in [6.07, 6.45) is 3.51. The molecule has 2 rings (SSSR count). The molecule has 0 spiro atoms. The average Bonchev–Trinajstić information content (AvgIpc) is 2.80. The molecule has 2 N–H and O–H groups in total. The highest BCUT2D eigenvalue weighted by Gasteiger charge is 2.15. The molecular formula is C13H20N2O. The maximum atomic E-state index is 5.10. The van der Waals surface area contributed by atoms with E-state index in [9.17, 15) is 0 Å². The van der Waals surface area contributed by atoms with Crippen LogP contribution in [0.2, 0.25) is 0 Å². The molecule has 1 aromatic rings. The van der Waals surface area contributed by atoms with Crippen LogP contribution in [0.4, 0.5) is 5.69 Å². The molecule has 0 bridgehead atoms. The van der Waals surface area contributed by atoms with Gasteiger partial charge in [0.2, 0.25) is 0 Å². The Bertz CT molecular complexity index is 346. The van der Waals surface area contributed by atoms with E-state index in [1.807, 2.05) is 0 Å². The summed E-state index contributed by atoms with van der Waals surface area (Å²) in [6, 6.07) is 6.65. The van der Waals surface area contributed by atoms with Crippen LogP contribution in [-0.2, 0) is 11.3 Å². The van der Waals surface area contributed by atoms with E-state index in [1.54, 1.807) is 0 Å². The van der Waals surface area contributed by atoms with Crippen molar-refractivity contribution >= 4 is 5.69 Å². The minimum absolute atomic E-state index is 0.588. The van der Waals surface area contributed by atoms with Crippen molar-refractivity contribution in [1.82, 2.24) is 0 Å². The Kier molecular flexibility index (Phi) is 3.80. The second kappa shape index (κ2) is 5.32. The van der Waals surface area contributed by atoms with Gasteiger partial charge in [-0.3, -0.25) is 0 Å². The maximum Gasteiger partial charge on any atom is 0.0720 e. The molecule has 88 valence electrons. The summed E-state index contributed by atoms with van der Waals surface area (Å²) in [6.45, 7) is 5.07. The molecule has 0 amide bonds. The van der Waals surface area contributed by atoms with E-state index in [2.05, 4.69) is 34.9 Å². The Hall–Kier alpha value is -1.06. The quantitative estimate of drug-likeness (QED) is 0.789. The van der Waals surface area contributed by atoms with E-state index in [1.165, 1.54) is 42.7 Å². The topological polar surface area (TPSA) is 38.5 Å². The molecule has 0 saturated carbocycles. The van der Waals surface area contributed by atoms with Gasteiger partial charge in [-0.2, -0.15) is 0 Å². The molecule has 0 radical (unpaired) electrons. The van der Waals surface area contributed by atoms with Crippen molar-refractivity contribution in [1.29, 1.82) is 0 Å². The first kappa shape index (κ1) is 11.4. The number of hydrogen-bond acceptors (Lipinski definition) is 3.